The average molecular weight is 334 g/mol. The topological polar surface area (TPSA) is 81.4 Å². The number of hydrogen-bond donors (Lipinski definition) is 1. The zero-order valence-corrected chi connectivity index (χ0v) is 14.1. The lowest BCUT2D eigenvalue weighted by Crippen LogP contribution is -2.18. The van der Waals surface area contributed by atoms with Crippen molar-refractivity contribution in [3.8, 4) is 0 Å². The Bertz CT molecular complexity index is 762. The Morgan fingerprint density at radius 1 is 1.48 bits per heavy atom. The number of methoxy groups -OCH3 is 1. The fourth-order valence-corrected chi connectivity index (χ4v) is 3.68. The molecule has 0 aromatic carbocycles. The predicted octanol–water partition coefficient (Wildman–Crippen LogP) is 3.21. The molecule has 1 amide bonds. The third kappa shape index (κ3) is 3.01. The van der Waals surface area contributed by atoms with Crippen LogP contribution in [0.4, 0.5) is 5.00 Å². The van der Waals surface area contributed by atoms with Gasteiger partial charge in [0.15, 0.2) is 5.69 Å². The maximum absolute atomic E-state index is 12.5. The molecule has 1 unspecified atom stereocenters. The molecular weight excluding hydrogens is 316 g/mol. The van der Waals surface area contributed by atoms with E-state index in [1.165, 1.54) is 18.4 Å². The van der Waals surface area contributed by atoms with E-state index in [1.807, 2.05) is 6.92 Å². The molecule has 2 heterocycles. The van der Waals surface area contributed by atoms with Gasteiger partial charge in [-0.2, -0.15) is 0 Å². The number of nitrogens with zero attached hydrogens (tertiary/aromatic N) is 1. The highest BCUT2D eigenvalue weighted by atomic mass is 32.1. The van der Waals surface area contributed by atoms with Gasteiger partial charge in [0.05, 0.1) is 12.7 Å². The lowest BCUT2D eigenvalue weighted by Gasteiger charge is -2.16. The quantitative estimate of drug-likeness (QED) is 0.872. The van der Waals surface area contributed by atoms with Crippen LogP contribution in [0.15, 0.2) is 10.6 Å². The zero-order chi connectivity index (χ0) is 16.6. The highest BCUT2D eigenvalue weighted by Crippen LogP contribution is 2.31. The van der Waals surface area contributed by atoms with Crippen molar-refractivity contribution in [1.82, 2.24) is 5.16 Å². The molecule has 7 heteroatoms. The molecule has 1 N–H and O–H groups in total. The second-order valence-electron chi connectivity index (χ2n) is 5.83. The molecule has 1 aliphatic rings. The first-order valence-electron chi connectivity index (χ1n) is 7.47. The third-order valence-corrected chi connectivity index (χ3v) is 4.95. The van der Waals surface area contributed by atoms with Crippen molar-refractivity contribution < 1.29 is 18.8 Å². The molecule has 0 aliphatic heterocycles. The highest BCUT2D eigenvalue weighted by Gasteiger charge is 2.28. The number of carbonyl (C=O) groups excluding carboxylic acids is 2. The fraction of sp³-hybridized carbons (Fsp3) is 0.438. The molecule has 0 radical (unpaired) electrons. The van der Waals surface area contributed by atoms with Crippen LogP contribution in [-0.2, 0) is 17.6 Å². The summed E-state index contributed by atoms with van der Waals surface area (Å²) >= 11 is 1.33. The molecule has 0 bridgehead atoms. The number of rotatable bonds is 3. The number of esters is 1. The van der Waals surface area contributed by atoms with Crippen LogP contribution in [0.25, 0.3) is 0 Å². The SMILES string of the molecule is COC(=O)c1cc(C)sc1NC(=O)c1noc2c1CC(C)CC2. The van der Waals surface area contributed by atoms with Crippen molar-refractivity contribution in [2.45, 2.75) is 33.1 Å². The Hall–Kier alpha value is -2.15. The van der Waals surface area contributed by atoms with Crippen molar-refractivity contribution in [2.24, 2.45) is 5.92 Å². The van der Waals surface area contributed by atoms with E-state index in [0.717, 1.165) is 35.5 Å². The lowest BCUT2D eigenvalue weighted by molar-refractivity contribution is 0.0602. The molecule has 6 nitrogen and oxygen atoms in total. The van der Waals surface area contributed by atoms with E-state index in [0.29, 0.717) is 22.2 Å². The summed E-state index contributed by atoms with van der Waals surface area (Å²) in [5, 5.41) is 7.17. The van der Waals surface area contributed by atoms with Gasteiger partial charge < -0.3 is 14.6 Å². The van der Waals surface area contributed by atoms with E-state index in [1.54, 1.807) is 6.07 Å². The summed E-state index contributed by atoms with van der Waals surface area (Å²) in [6.45, 7) is 4.02. The molecule has 0 saturated heterocycles. The minimum atomic E-state index is -0.472. The van der Waals surface area contributed by atoms with Gasteiger partial charge in [0.2, 0.25) is 0 Å². The Balaban J connectivity index is 1.86. The molecular formula is C16H18N2O4S. The van der Waals surface area contributed by atoms with Gasteiger partial charge >= 0.3 is 5.97 Å². The summed E-state index contributed by atoms with van der Waals surface area (Å²) in [6, 6.07) is 1.70. The van der Waals surface area contributed by atoms with Crippen LogP contribution >= 0.6 is 11.3 Å². The van der Waals surface area contributed by atoms with E-state index in [9.17, 15) is 9.59 Å². The average Bonchev–Trinajstić information content (AvgIpc) is 3.09. The first-order valence-corrected chi connectivity index (χ1v) is 8.28. The maximum Gasteiger partial charge on any atom is 0.340 e. The van der Waals surface area contributed by atoms with Crippen LogP contribution in [0, 0.1) is 12.8 Å². The maximum atomic E-state index is 12.5. The second-order valence-corrected chi connectivity index (χ2v) is 7.08. The first kappa shape index (κ1) is 15.7. The number of thiophene rings is 1. The Morgan fingerprint density at radius 3 is 3.00 bits per heavy atom. The molecule has 1 atom stereocenters. The Labute approximate surface area is 137 Å². The van der Waals surface area contributed by atoms with E-state index in [-0.39, 0.29) is 5.91 Å². The minimum Gasteiger partial charge on any atom is -0.465 e. The Morgan fingerprint density at radius 2 is 2.26 bits per heavy atom. The van der Waals surface area contributed by atoms with Crippen LogP contribution in [0.3, 0.4) is 0 Å². The molecule has 0 fully saturated rings. The van der Waals surface area contributed by atoms with Gasteiger partial charge in [-0.3, -0.25) is 4.79 Å². The predicted molar refractivity (Wildman–Crippen MR) is 86.0 cm³/mol. The number of hydrogen-bond acceptors (Lipinski definition) is 6. The zero-order valence-electron chi connectivity index (χ0n) is 13.3. The number of nitrogens with one attached hydrogen (secondary N) is 1. The molecule has 23 heavy (non-hydrogen) atoms. The highest BCUT2D eigenvalue weighted by molar-refractivity contribution is 7.16. The van der Waals surface area contributed by atoms with Crippen LogP contribution in [0.1, 0.15) is 50.4 Å². The van der Waals surface area contributed by atoms with Gasteiger partial charge in [-0.25, -0.2) is 4.79 Å². The van der Waals surface area contributed by atoms with Gasteiger partial charge in [-0.1, -0.05) is 12.1 Å². The molecule has 2 aromatic rings. The number of anilines is 1. The normalized spacial score (nSPS) is 16.7. The van der Waals surface area contributed by atoms with E-state index in [2.05, 4.69) is 17.4 Å². The number of aryl methyl sites for hydroxylation is 2. The third-order valence-electron chi connectivity index (χ3n) is 3.99. The number of amides is 1. The van der Waals surface area contributed by atoms with Crippen LogP contribution in [0.2, 0.25) is 0 Å². The number of fused-ring (bicyclic) bond motifs is 1. The summed E-state index contributed by atoms with van der Waals surface area (Å²) in [7, 11) is 1.32. The minimum absolute atomic E-state index is 0.313. The van der Waals surface area contributed by atoms with Crippen molar-refractivity contribution in [1.29, 1.82) is 0 Å². The van der Waals surface area contributed by atoms with E-state index in [4.69, 9.17) is 9.26 Å². The molecule has 0 spiro atoms. The second kappa shape index (κ2) is 6.16. The van der Waals surface area contributed by atoms with E-state index >= 15 is 0 Å². The molecule has 2 aromatic heterocycles. The number of carbonyl (C=O) groups is 2. The van der Waals surface area contributed by atoms with E-state index < -0.39 is 5.97 Å². The largest absolute Gasteiger partial charge is 0.465 e. The smallest absolute Gasteiger partial charge is 0.340 e. The number of ether oxygens (including phenoxy) is 1. The fourth-order valence-electron chi connectivity index (χ4n) is 2.79. The molecule has 3 rings (SSSR count). The van der Waals surface area contributed by atoms with Gasteiger partial charge in [0.25, 0.3) is 5.91 Å². The summed E-state index contributed by atoms with van der Waals surface area (Å²) < 4.78 is 10.0. The van der Waals surface area contributed by atoms with Crippen molar-refractivity contribution in [3.05, 3.63) is 33.5 Å². The lowest BCUT2D eigenvalue weighted by atomic mass is 9.88. The van der Waals surface area contributed by atoms with Gasteiger partial charge in [0, 0.05) is 16.9 Å². The van der Waals surface area contributed by atoms with Crippen LogP contribution in [-0.4, -0.2) is 24.1 Å². The van der Waals surface area contributed by atoms with Crippen LogP contribution < -0.4 is 5.32 Å². The number of aromatic nitrogens is 1. The van der Waals surface area contributed by atoms with Gasteiger partial charge in [-0.05, 0) is 31.7 Å². The van der Waals surface area contributed by atoms with Gasteiger partial charge in [-0.15, -0.1) is 11.3 Å². The molecule has 0 saturated carbocycles. The van der Waals surface area contributed by atoms with Crippen molar-refractivity contribution in [2.75, 3.05) is 12.4 Å². The van der Waals surface area contributed by atoms with Crippen LogP contribution in [0.5, 0.6) is 0 Å². The summed E-state index contributed by atoms with van der Waals surface area (Å²) in [4.78, 5) is 25.3. The molecule has 1 aliphatic carbocycles. The summed E-state index contributed by atoms with van der Waals surface area (Å²) in [5.41, 5.74) is 1.55. The van der Waals surface area contributed by atoms with Crippen molar-refractivity contribution >= 4 is 28.2 Å². The summed E-state index contributed by atoms with van der Waals surface area (Å²) in [6.07, 6.45) is 2.64. The standard InChI is InChI=1S/C16H18N2O4S/c1-8-4-5-12-10(6-8)13(18-22-12)14(19)17-15-11(16(20)21-3)7-9(2)23-15/h7-8H,4-6H2,1-3H3,(H,17,19). The first-order chi connectivity index (χ1) is 11.0. The monoisotopic (exact) mass is 334 g/mol. The Kier molecular flexibility index (Phi) is 4.21. The van der Waals surface area contributed by atoms with Crippen molar-refractivity contribution in [3.63, 3.8) is 0 Å². The van der Waals surface area contributed by atoms with Gasteiger partial charge in [0.1, 0.15) is 10.8 Å². The summed E-state index contributed by atoms with van der Waals surface area (Å²) in [5.74, 6) is 0.475. The molecule has 122 valence electrons.